The summed E-state index contributed by atoms with van der Waals surface area (Å²) in [6.07, 6.45) is 5.95. The normalized spacial score (nSPS) is 11.8. The van der Waals surface area contributed by atoms with E-state index in [0.717, 1.165) is 28.2 Å². The van der Waals surface area contributed by atoms with E-state index in [1.165, 1.54) is 11.0 Å². The fraction of sp³-hybridized carbons (Fsp3) is 0.238. The number of anilines is 1. The van der Waals surface area contributed by atoms with Crippen LogP contribution in [-0.2, 0) is 22.4 Å². The highest BCUT2D eigenvalue weighted by Crippen LogP contribution is 2.26. The van der Waals surface area contributed by atoms with Gasteiger partial charge in [0.25, 0.3) is 0 Å². The summed E-state index contributed by atoms with van der Waals surface area (Å²) in [6.45, 7) is 7.41. The molecule has 28 heavy (non-hydrogen) atoms. The number of nitrogens with zero attached hydrogens (tertiary/aromatic N) is 2. The number of hydrogen-bond donors (Lipinski definition) is 2. The number of amides is 1. The molecule has 0 aliphatic heterocycles. The van der Waals surface area contributed by atoms with Crippen LogP contribution in [0, 0.1) is 0 Å². The first kappa shape index (κ1) is 19.7. The average molecular weight is 395 g/mol. The van der Waals surface area contributed by atoms with E-state index in [1.807, 2.05) is 37.4 Å². The summed E-state index contributed by atoms with van der Waals surface area (Å²) in [5.41, 5.74) is 2.58. The van der Waals surface area contributed by atoms with E-state index >= 15 is 0 Å². The number of imidazole rings is 1. The van der Waals surface area contributed by atoms with E-state index < -0.39 is 0 Å². The maximum atomic E-state index is 12.7. The van der Waals surface area contributed by atoms with E-state index in [2.05, 4.69) is 33.8 Å². The van der Waals surface area contributed by atoms with Crippen LogP contribution in [0.2, 0.25) is 0 Å². The van der Waals surface area contributed by atoms with E-state index in [-0.39, 0.29) is 17.6 Å². The molecule has 0 fully saturated rings. The third-order valence-electron chi connectivity index (χ3n) is 4.46. The highest BCUT2D eigenvalue weighted by atomic mass is 32.1. The summed E-state index contributed by atoms with van der Waals surface area (Å²) in [5.74, 6) is -0.0818. The standard InChI is InChI=1S/C21H22N4O2S/c1-4-16-11-22-20(28-16)10-18(26)13(3)14-7-6-8-15(9-14)17-12-23-21(24-17)25-19(27)5-2/h5-9,11-13H,2,4,10H2,1,3H3,(H2,23,24,25,27)/t13-/m0/s1. The van der Waals surface area contributed by atoms with Crippen molar-refractivity contribution in [3.63, 3.8) is 0 Å². The van der Waals surface area contributed by atoms with E-state index in [1.54, 1.807) is 17.5 Å². The molecule has 0 radical (unpaired) electrons. The molecule has 2 N–H and O–H groups in total. The predicted molar refractivity (Wildman–Crippen MR) is 111 cm³/mol. The Morgan fingerprint density at radius 2 is 2.14 bits per heavy atom. The number of carbonyl (C=O) groups excluding carboxylic acids is 2. The van der Waals surface area contributed by atoms with Gasteiger partial charge in [0.15, 0.2) is 0 Å². The van der Waals surface area contributed by atoms with Gasteiger partial charge in [-0.05, 0) is 29.7 Å². The number of hydrogen-bond acceptors (Lipinski definition) is 5. The Morgan fingerprint density at radius 1 is 1.32 bits per heavy atom. The lowest BCUT2D eigenvalue weighted by atomic mass is 9.93. The number of thiazole rings is 1. The Bertz CT molecular complexity index is 1010. The van der Waals surface area contributed by atoms with E-state index in [0.29, 0.717) is 12.4 Å². The van der Waals surface area contributed by atoms with Crippen LogP contribution in [0.4, 0.5) is 5.95 Å². The van der Waals surface area contributed by atoms with Crippen LogP contribution in [0.15, 0.2) is 49.3 Å². The lowest BCUT2D eigenvalue weighted by Crippen LogP contribution is -2.12. The second kappa shape index (κ2) is 8.75. The monoisotopic (exact) mass is 394 g/mol. The number of ketones is 1. The first-order valence-electron chi connectivity index (χ1n) is 9.05. The molecule has 0 bridgehead atoms. The number of rotatable bonds is 8. The van der Waals surface area contributed by atoms with Crippen molar-refractivity contribution in [2.24, 2.45) is 0 Å². The molecule has 0 unspecified atom stereocenters. The molecule has 6 nitrogen and oxygen atoms in total. The van der Waals surface area contributed by atoms with Gasteiger partial charge in [-0.15, -0.1) is 11.3 Å². The van der Waals surface area contributed by atoms with Gasteiger partial charge in [-0.2, -0.15) is 0 Å². The summed E-state index contributed by atoms with van der Waals surface area (Å²) in [5, 5.41) is 3.45. The van der Waals surface area contributed by atoms with Gasteiger partial charge in [0.05, 0.1) is 18.3 Å². The molecule has 0 spiro atoms. The third kappa shape index (κ3) is 4.61. The fourth-order valence-corrected chi connectivity index (χ4v) is 3.63. The van der Waals surface area contributed by atoms with Gasteiger partial charge >= 0.3 is 0 Å². The molecule has 144 valence electrons. The molecular formula is C21H22N4O2S. The van der Waals surface area contributed by atoms with Crippen LogP contribution >= 0.6 is 11.3 Å². The Morgan fingerprint density at radius 3 is 2.86 bits per heavy atom. The zero-order valence-corrected chi connectivity index (χ0v) is 16.7. The van der Waals surface area contributed by atoms with Crippen LogP contribution < -0.4 is 5.32 Å². The molecule has 0 aliphatic rings. The molecule has 3 aromatic rings. The van der Waals surface area contributed by atoms with Gasteiger partial charge in [-0.25, -0.2) is 9.97 Å². The van der Waals surface area contributed by atoms with E-state index in [4.69, 9.17) is 0 Å². The quantitative estimate of drug-likeness (QED) is 0.562. The largest absolute Gasteiger partial charge is 0.324 e. The number of nitrogens with one attached hydrogen (secondary N) is 2. The van der Waals surface area contributed by atoms with Gasteiger partial charge < -0.3 is 4.98 Å². The minimum Gasteiger partial charge on any atom is -0.324 e. The summed E-state index contributed by atoms with van der Waals surface area (Å²) in [7, 11) is 0. The lowest BCUT2D eigenvalue weighted by molar-refractivity contribution is -0.119. The summed E-state index contributed by atoms with van der Waals surface area (Å²) in [4.78, 5) is 36.8. The predicted octanol–water partition coefficient (Wildman–Crippen LogP) is 4.14. The molecular weight excluding hydrogens is 372 g/mol. The molecule has 1 amide bonds. The Kier molecular flexibility index (Phi) is 6.16. The topological polar surface area (TPSA) is 87.7 Å². The number of Topliss-reactive ketones (excluding diaryl/α,β-unsaturated/α-hetero) is 1. The summed E-state index contributed by atoms with van der Waals surface area (Å²) in [6, 6.07) is 7.76. The van der Waals surface area contributed by atoms with Crippen LogP contribution in [0.3, 0.4) is 0 Å². The van der Waals surface area contributed by atoms with Gasteiger partial charge in [-0.3, -0.25) is 14.9 Å². The van der Waals surface area contributed by atoms with Crippen molar-refractivity contribution in [3.8, 4) is 11.3 Å². The number of H-pyrrole nitrogens is 1. The van der Waals surface area contributed by atoms with Gasteiger partial charge in [0, 0.05) is 17.0 Å². The molecule has 0 saturated heterocycles. The summed E-state index contributed by atoms with van der Waals surface area (Å²) < 4.78 is 0. The second-order valence-corrected chi connectivity index (χ2v) is 7.60. The minimum atomic E-state index is -0.331. The van der Waals surface area contributed by atoms with Crippen molar-refractivity contribution < 1.29 is 9.59 Å². The Labute approximate surface area is 167 Å². The average Bonchev–Trinajstić information content (AvgIpc) is 3.36. The molecule has 1 atom stereocenters. The van der Waals surface area contributed by atoms with Crippen molar-refractivity contribution in [2.45, 2.75) is 32.6 Å². The van der Waals surface area contributed by atoms with Crippen molar-refractivity contribution >= 4 is 29.0 Å². The van der Waals surface area contributed by atoms with Crippen LogP contribution in [0.5, 0.6) is 0 Å². The van der Waals surface area contributed by atoms with Gasteiger partial charge in [0.2, 0.25) is 11.9 Å². The zero-order valence-electron chi connectivity index (χ0n) is 15.9. The maximum Gasteiger partial charge on any atom is 0.250 e. The van der Waals surface area contributed by atoms with E-state index in [9.17, 15) is 9.59 Å². The van der Waals surface area contributed by atoms with Crippen LogP contribution in [-0.4, -0.2) is 26.6 Å². The molecule has 2 aromatic heterocycles. The highest BCUT2D eigenvalue weighted by Gasteiger charge is 2.18. The highest BCUT2D eigenvalue weighted by molar-refractivity contribution is 7.11. The maximum absolute atomic E-state index is 12.7. The van der Waals surface area contributed by atoms with Crippen molar-refractivity contribution in [3.05, 3.63) is 64.8 Å². The van der Waals surface area contributed by atoms with Gasteiger partial charge in [0.1, 0.15) is 10.8 Å². The molecule has 7 heteroatoms. The second-order valence-electron chi connectivity index (χ2n) is 6.40. The minimum absolute atomic E-state index is 0.137. The third-order valence-corrected chi connectivity index (χ3v) is 5.60. The first-order valence-corrected chi connectivity index (χ1v) is 9.86. The SMILES string of the molecule is C=CC(=O)Nc1ncc(-c2cccc([C@H](C)C(=O)Cc3ncc(CC)s3)c2)[nH]1. The van der Waals surface area contributed by atoms with Crippen molar-refractivity contribution in [1.82, 2.24) is 15.0 Å². The van der Waals surface area contributed by atoms with Crippen LogP contribution in [0.25, 0.3) is 11.3 Å². The molecule has 0 saturated carbocycles. The molecule has 3 rings (SSSR count). The zero-order chi connectivity index (χ0) is 20.1. The number of aromatic nitrogens is 3. The number of carbonyl (C=O) groups is 2. The first-order chi connectivity index (χ1) is 13.5. The molecule has 1 aromatic carbocycles. The Hall–Kier alpha value is -3.06. The van der Waals surface area contributed by atoms with Crippen molar-refractivity contribution in [2.75, 3.05) is 5.32 Å². The number of aryl methyl sites for hydroxylation is 1. The van der Waals surface area contributed by atoms with Crippen molar-refractivity contribution in [1.29, 1.82) is 0 Å². The molecule has 0 aliphatic carbocycles. The smallest absolute Gasteiger partial charge is 0.250 e. The van der Waals surface area contributed by atoms with Gasteiger partial charge in [-0.1, -0.05) is 38.6 Å². The Balaban J connectivity index is 1.74. The van der Waals surface area contributed by atoms with Crippen LogP contribution in [0.1, 0.15) is 35.2 Å². The number of benzene rings is 1. The summed E-state index contributed by atoms with van der Waals surface area (Å²) >= 11 is 1.60. The fourth-order valence-electron chi connectivity index (χ4n) is 2.76. The lowest BCUT2D eigenvalue weighted by Gasteiger charge is -2.11. The molecule has 2 heterocycles. The number of aromatic amines is 1.